The van der Waals surface area contributed by atoms with Crippen LogP contribution in [0.1, 0.15) is 63.4 Å². The SMILES string of the molecule is S=C(Oc1ccccc1)OC(CCCCCOCc1ccccc1)C1CCCCC1. The van der Waals surface area contributed by atoms with Crippen molar-refractivity contribution in [1.82, 2.24) is 0 Å². The lowest BCUT2D eigenvalue weighted by Crippen LogP contribution is -2.30. The molecule has 2 aromatic rings. The summed E-state index contributed by atoms with van der Waals surface area (Å²) in [5.41, 5.74) is 1.23. The minimum atomic E-state index is 0.159. The van der Waals surface area contributed by atoms with Gasteiger partial charge in [-0.05, 0) is 55.7 Å². The van der Waals surface area contributed by atoms with Gasteiger partial charge in [0.15, 0.2) is 0 Å². The normalized spacial score (nSPS) is 15.5. The molecule has 1 aliphatic rings. The number of hydrogen-bond donors (Lipinski definition) is 0. The van der Waals surface area contributed by atoms with Crippen molar-refractivity contribution in [3.63, 3.8) is 0 Å². The van der Waals surface area contributed by atoms with Gasteiger partial charge in [0, 0.05) is 18.8 Å². The number of benzene rings is 2. The molecule has 0 amide bonds. The third kappa shape index (κ3) is 8.45. The third-order valence-electron chi connectivity index (χ3n) is 5.76. The van der Waals surface area contributed by atoms with E-state index in [1.165, 1.54) is 37.7 Å². The Balaban J connectivity index is 1.37. The van der Waals surface area contributed by atoms with Gasteiger partial charge >= 0.3 is 5.24 Å². The summed E-state index contributed by atoms with van der Waals surface area (Å²) in [6.45, 7) is 1.50. The fourth-order valence-corrected chi connectivity index (χ4v) is 4.34. The molecule has 1 unspecified atom stereocenters. The highest BCUT2D eigenvalue weighted by atomic mass is 32.1. The minimum absolute atomic E-state index is 0.159. The van der Waals surface area contributed by atoms with Crippen molar-refractivity contribution >= 4 is 17.5 Å². The highest BCUT2D eigenvalue weighted by molar-refractivity contribution is 7.79. The van der Waals surface area contributed by atoms with Gasteiger partial charge < -0.3 is 14.2 Å². The van der Waals surface area contributed by atoms with E-state index in [4.69, 9.17) is 26.4 Å². The Morgan fingerprint density at radius 1 is 0.867 bits per heavy atom. The molecule has 4 heteroatoms. The van der Waals surface area contributed by atoms with Gasteiger partial charge in [0.2, 0.25) is 0 Å². The summed E-state index contributed by atoms with van der Waals surface area (Å²) < 4.78 is 17.7. The molecule has 0 N–H and O–H groups in total. The maximum absolute atomic E-state index is 6.16. The first-order valence-electron chi connectivity index (χ1n) is 11.4. The van der Waals surface area contributed by atoms with Gasteiger partial charge in [-0.3, -0.25) is 0 Å². The highest BCUT2D eigenvalue weighted by Crippen LogP contribution is 2.31. The molecule has 0 radical (unpaired) electrons. The van der Waals surface area contributed by atoms with E-state index < -0.39 is 0 Å². The Bertz CT molecular complexity index is 714. The summed E-state index contributed by atoms with van der Waals surface area (Å²) in [5, 5.41) is 0.253. The Hall–Kier alpha value is -1.91. The van der Waals surface area contributed by atoms with Crippen LogP contribution in [0.15, 0.2) is 60.7 Å². The predicted molar refractivity (Wildman–Crippen MR) is 126 cm³/mol. The van der Waals surface area contributed by atoms with Gasteiger partial charge in [0.05, 0.1) is 6.61 Å². The van der Waals surface area contributed by atoms with Crippen molar-refractivity contribution in [2.24, 2.45) is 5.92 Å². The molecule has 3 rings (SSSR count). The summed E-state index contributed by atoms with van der Waals surface area (Å²) in [5.74, 6) is 1.32. The minimum Gasteiger partial charge on any atom is -0.453 e. The van der Waals surface area contributed by atoms with Gasteiger partial charge in [0.25, 0.3) is 0 Å². The lowest BCUT2D eigenvalue weighted by Gasteiger charge is -2.30. The number of hydrogen-bond acceptors (Lipinski definition) is 4. The summed E-state index contributed by atoms with van der Waals surface area (Å²) in [6.07, 6.45) is 10.9. The molecule has 1 fully saturated rings. The standard InChI is InChI=1S/C26H34O3S/c30-26(28-24-17-9-3-10-18-24)29-25(23-15-7-2-8-16-23)19-11-4-12-20-27-21-22-13-5-1-6-14-22/h1,3,5-6,9-10,13-14,17-18,23,25H,2,4,7-8,11-12,15-16,19-21H2. The number of rotatable bonds is 11. The van der Waals surface area contributed by atoms with Crippen molar-refractivity contribution < 1.29 is 14.2 Å². The van der Waals surface area contributed by atoms with Crippen molar-refractivity contribution in [1.29, 1.82) is 0 Å². The van der Waals surface area contributed by atoms with E-state index in [2.05, 4.69) is 24.3 Å². The maximum atomic E-state index is 6.16. The predicted octanol–water partition coefficient (Wildman–Crippen LogP) is 7.09. The lowest BCUT2D eigenvalue weighted by molar-refractivity contribution is 0.0680. The molecule has 1 aliphatic carbocycles. The van der Waals surface area contributed by atoms with Crippen LogP contribution in [0.5, 0.6) is 5.75 Å². The summed E-state index contributed by atoms with van der Waals surface area (Å²) >= 11 is 5.40. The fourth-order valence-electron chi connectivity index (χ4n) is 4.12. The molecule has 3 nitrogen and oxygen atoms in total. The molecule has 0 saturated heterocycles. The largest absolute Gasteiger partial charge is 0.453 e. The van der Waals surface area contributed by atoms with Crippen LogP contribution in [0.25, 0.3) is 0 Å². The molecular weight excluding hydrogens is 392 g/mol. The summed E-state index contributed by atoms with van der Waals surface area (Å²) in [4.78, 5) is 0. The molecule has 1 atom stereocenters. The first-order valence-corrected chi connectivity index (χ1v) is 11.8. The molecule has 0 aromatic heterocycles. The van der Waals surface area contributed by atoms with E-state index in [1.807, 2.05) is 36.4 Å². The van der Waals surface area contributed by atoms with E-state index >= 15 is 0 Å². The van der Waals surface area contributed by atoms with Crippen LogP contribution in [0.4, 0.5) is 0 Å². The van der Waals surface area contributed by atoms with E-state index in [0.717, 1.165) is 38.0 Å². The van der Waals surface area contributed by atoms with Crippen molar-refractivity contribution in [2.45, 2.75) is 70.5 Å². The van der Waals surface area contributed by atoms with Crippen LogP contribution >= 0.6 is 12.2 Å². The van der Waals surface area contributed by atoms with Crippen LogP contribution in [-0.4, -0.2) is 17.9 Å². The molecule has 2 aromatic carbocycles. The molecule has 1 saturated carbocycles. The number of para-hydroxylation sites is 1. The molecule has 0 aliphatic heterocycles. The van der Waals surface area contributed by atoms with E-state index in [1.54, 1.807) is 0 Å². The molecule has 0 spiro atoms. The first-order chi connectivity index (χ1) is 14.8. The zero-order valence-electron chi connectivity index (χ0n) is 17.8. The van der Waals surface area contributed by atoms with Crippen LogP contribution in [0.2, 0.25) is 0 Å². The highest BCUT2D eigenvalue weighted by Gasteiger charge is 2.26. The molecule has 0 bridgehead atoms. The maximum Gasteiger partial charge on any atom is 0.358 e. The van der Waals surface area contributed by atoms with E-state index in [0.29, 0.717) is 12.5 Å². The lowest BCUT2D eigenvalue weighted by atomic mass is 9.83. The van der Waals surface area contributed by atoms with Crippen LogP contribution in [0.3, 0.4) is 0 Å². The Morgan fingerprint density at radius 3 is 2.30 bits per heavy atom. The second-order valence-corrected chi connectivity index (χ2v) is 8.44. The van der Waals surface area contributed by atoms with Crippen LogP contribution in [-0.2, 0) is 16.1 Å². The van der Waals surface area contributed by atoms with Crippen molar-refractivity contribution in [3.8, 4) is 5.75 Å². The number of unbranched alkanes of at least 4 members (excludes halogenated alkanes) is 2. The second-order valence-electron chi connectivity index (χ2n) is 8.11. The topological polar surface area (TPSA) is 27.7 Å². The summed E-state index contributed by atoms with van der Waals surface area (Å²) in [6, 6.07) is 20.0. The monoisotopic (exact) mass is 426 g/mol. The van der Waals surface area contributed by atoms with Gasteiger partial charge in [-0.25, -0.2) is 0 Å². The van der Waals surface area contributed by atoms with Crippen LogP contribution < -0.4 is 4.74 Å². The number of thiocarbonyl (C=S) groups is 1. The zero-order chi connectivity index (χ0) is 20.9. The zero-order valence-corrected chi connectivity index (χ0v) is 18.7. The Kier molecular flexibility index (Phi) is 10.2. The van der Waals surface area contributed by atoms with Gasteiger partial charge in [-0.1, -0.05) is 74.2 Å². The Labute approximate surface area is 186 Å². The quantitative estimate of drug-likeness (QED) is 0.283. The van der Waals surface area contributed by atoms with E-state index in [9.17, 15) is 0 Å². The molecule has 30 heavy (non-hydrogen) atoms. The van der Waals surface area contributed by atoms with Crippen molar-refractivity contribution in [3.05, 3.63) is 66.2 Å². The average molecular weight is 427 g/mol. The second kappa shape index (κ2) is 13.4. The summed E-state index contributed by atoms with van der Waals surface area (Å²) in [7, 11) is 0. The molecular formula is C26H34O3S. The fraction of sp³-hybridized carbons (Fsp3) is 0.500. The van der Waals surface area contributed by atoms with Gasteiger partial charge in [-0.2, -0.15) is 0 Å². The van der Waals surface area contributed by atoms with Gasteiger partial charge in [0.1, 0.15) is 11.9 Å². The smallest absolute Gasteiger partial charge is 0.358 e. The average Bonchev–Trinajstić information content (AvgIpc) is 2.79. The first kappa shape index (κ1) is 22.8. The van der Waals surface area contributed by atoms with Gasteiger partial charge in [-0.15, -0.1) is 0 Å². The molecule has 0 heterocycles. The Morgan fingerprint density at radius 2 is 1.57 bits per heavy atom. The molecule has 162 valence electrons. The number of ether oxygens (including phenoxy) is 3. The third-order valence-corrected chi connectivity index (χ3v) is 5.94. The van der Waals surface area contributed by atoms with E-state index in [-0.39, 0.29) is 11.3 Å². The van der Waals surface area contributed by atoms with Crippen LogP contribution in [0, 0.1) is 5.92 Å². The van der Waals surface area contributed by atoms with Crippen molar-refractivity contribution in [2.75, 3.05) is 6.61 Å².